The fourth-order valence-corrected chi connectivity index (χ4v) is 3.56. The molecule has 0 amide bonds. The van der Waals surface area contributed by atoms with E-state index < -0.39 is 15.7 Å². The fraction of sp³-hybridized carbons (Fsp3) is 0.150. The summed E-state index contributed by atoms with van der Waals surface area (Å²) in [6.45, 7) is -0.0406. The minimum atomic E-state index is -3.40. The zero-order valence-corrected chi connectivity index (χ0v) is 16.8. The van der Waals surface area contributed by atoms with Crippen LogP contribution in [0.3, 0.4) is 0 Å². The summed E-state index contributed by atoms with van der Waals surface area (Å²) in [4.78, 5) is 11.2. The van der Waals surface area contributed by atoms with Crippen LogP contribution in [-0.4, -0.2) is 38.0 Å². The third kappa shape index (κ3) is 4.01. The highest BCUT2D eigenvalue weighted by molar-refractivity contribution is 7.90. The van der Waals surface area contributed by atoms with Gasteiger partial charge >= 0.3 is 0 Å². The van der Waals surface area contributed by atoms with Gasteiger partial charge in [0.25, 0.3) is 6.47 Å². The highest BCUT2D eigenvalue weighted by Crippen LogP contribution is 2.40. The van der Waals surface area contributed by atoms with Crippen molar-refractivity contribution < 1.29 is 27.1 Å². The van der Waals surface area contributed by atoms with Crippen molar-refractivity contribution in [2.45, 2.75) is 11.4 Å². The average Bonchev–Trinajstić information content (AvgIpc) is 3.06. The molecular formula is C20H16FN3O5S. The number of aromatic nitrogens is 2. The number of nitriles is 1. The first-order valence-electron chi connectivity index (χ1n) is 8.52. The van der Waals surface area contributed by atoms with E-state index in [1.54, 1.807) is 6.07 Å². The van der Waals surface area contributed by atoms with Gasteiger partial charge in [-0.15, -0.1) is 0 Å². The van der Waals surface area contributed by atoms with Crippen LogP contribution < -0.4 is 9.47 Å². The summed E-state index contributed by atoms with van der Waals surface area (Å²) < 4.78 is 49.0. The van der Waals surface area contributed by atoms with E-state index in [1.165, 1.54) is 48.2 Å². The van der Waals surface area contributed by atoms with Crippen molar-refractivity contribution in [1.82, 2.24) is 9.78 Å². The van der Waals surface area contributed by atoms with Crippen molar-refractivity contribution in [2.24, 2.45) is 0 Å². The van der Waals surface area contributed by atoms with Crippen molar-refractivity contribution in [1.29, 1.82) is 5.26 Å². The van der Waals surface area contributed by atoms with Gasteiger partial charge in [-0.1, -0.05) is 18.2 Å². The number of nitrogens with zero attached hydrogens (tertiary/aromatic N) is 3. The monoisotopic (exact) mass is 429 g/mol. The van der Waals surface area contributed by atoms with Gasteiger partial charge in [-0.3, -0.25) is 4.79 Å². The van der Waals surface area contributed by atoms with E-state index in [0.717, 1.165) is 6.26 Å². The Morgan fingerprint density at radius 2 is 1.87 bits per heavy atom. The number of methoxy groups -OCH3 is 1. The molecule has 0 saturated heterocycles. The van der Waals surface area contributed by atoms with E-state index in [-0.39, 0.29) is 40.8 Å². The van der Waals surface area contributed by atoms with Gasteiger partial charge in [-0.2, -0.15) is 10.4 Å². The van der Waals surface area contributed by atoms with E-state index in [9.17, 15) is 17.6 Å². The first-order chi connectivity index (χ1) is 14.3. The quantitative estimate of drug-likeness (QED) is 0.531. The minimum absolute atomic E-state index is 0.0278. The predicted molar refractivity (Wildman–Crippen MR) is 105 cm³/mol. The number of benzene rings is 2. The van der Waals surface area contributed by atoms with E-state index in [2.05, 4.69) is 5.10 Å². The van der Waals surface area contributed by atoms with Gasteiger partial charge in [0.15, 0.2) is 21.4 Å². The molecule has 0 unspecified atom stereocenters. The zero-order chi connectivity index (χ0) is 21.9. The third-order valence-corrected chi connectivity index (χ3v) is 5.41. The normalized spacial score (nSPS) is 11.0. The fourth-order valence-electron chi connectivity index (χ4n) is 2.93. The maximum absolute atomic E-state index is 14.3. The number of ether oxygens (including phenoxy) is 2. The molecule has 10 heteroatoms. The summed E-state index contributed by atoms with van der Waals surface area (Å²) in [7, 11) is -2.07. The van der Waals surface area contributed by atoms with Crippen LogP contribution in [0.15, 0.2) is 47.4 Å². The molecule has 0 spiro atoms. The van der Waals surface area contributed by atoms with E-state index in [1.807, 2.05) is 6.07 Å². The van der Waals surface area contributed by atoms with Crippen molar-refractivity contribution in [3.63, 3.8) is 0 Å². The second-order valence-electron chi connectivity index (χ2n) is 6.20. The van der Waals surface area contributed by atoms with Gasteiger partial charge < -0.3 is 9.47 Å². The molecule has 0 fully saturated rings. The summed E-state index contributed by atoms with van der Waals surface area (Å²) in [5.74, 6) is -0.656. The molecule has 2 aromatic carbocycles. The number of sulfone groups is 1. The first-order valence-corrected chi connectivity index (χ1v) is 10.4. The standard InChI is InChI=1S/C20H16FN3O5S/c1-28-17-8-5-14(11-16(17)21)18-19(23-24(10-9-22)20(18)29-12-25)13-3-6-15(7-4-13)30(2,26)27/h3-8,11-12H,10H2,1-2H3. The second-order valence-corrected chi connectivity index (χ2v) is 8.22. The number of hydrogen-bond acceptors (Lipinski definition) is 7. The average molecular weight is 429 g/mol. The lowest BCUT2D eigenvalue weighted by Gasteiger charge is -2.08. The van der Waals surface area contributed by atoms with Crippen LogP contribution in [0.25, 0.3) is 22.4 Å². The van der Waals surface area contributed by atoms with Crippen LogP contribution >= 0.6 is 0 Å². The van der Waals surface area contributed by atoms with Crippen LogP contribution in [0.5, 0.6) is 11.6 Å². The molecule has 0 N–H and O–H groups in total. The van der Waals surface area contributed by atoms with Crippen molar-refractivity contribution in [3.8, 4) is 40.1 Å². The minimum Gasteiger partial charge on any atom is -0.494 e. The van der Waals surface area contributed by atoms with Crippen LogP contribution in [0.4, 0.5) is 4.39 Å². The molecule has 30 heavy (non-hydrogen) atoms. The van der Waals surface area contributed by atoms with E-state index >= 15 is 0 Å². The van der Waals surface area contributed by atoms with Crippen LogP contribution in [0.1, 0.15) is 0 Å². The molecule has 0 bridgehead atoms. The SMILES string of the molecule is COc1ccc(-c2c(-c3ccc(S(C)(=O)=O)cc3)nn(CC#N)c2OC=O)cc1F. The lowest BCUT2D eigenvalue weighted by atomic mass is 10.0. The largest absolute Gasteiger partial charge is 0.494 e. The Morgan fingerprint density at radius 3 is 2.40 bits per heavy atom. The Morgan fingerprint density at radius 1 is 1.20 bits per heavy atom. The first kappa shape index (κ1) is 21.0. The van der Waals surface area contributed by atoms with Crippen LogP contribution in [-0.2, 0) is 21.2 Å². The molecule has 3 rings (SSSR count). The maximum Gasteiger partial charge on any atom is 0.299 e. The summed E-state index contributed by atoms with van der Waals surface area (Å²) in [6.07, 6.45) is 1.09. The highest BCUT2D eigenvalue weighted by Gasteiger charge is 2.23. The van der Waals surface area contributed by atoms with Gasteiger partial charge in [0.05, 0.1) is 23.6 Å². The summed E-state index contributed by atoms with van der Waals surface area (Å²) >= 11 is 0. The molecule has 1 heterocycles. The van der Waals surface area contributed by atoms with Crippen molar-refractivity contribution >= 4 is 16.3 Å². The summed E-state index contributed by atoms with van der Waals surface area (Å²) in [5.41, 5.74) is 1.37. The highest BCUT2D eigenvalue weighted by atomic mass is 32.2. The van der Waals surface area contributed by atoms with Crippen molar-refractivity contribution in [3.05, 3.63) is 48.3 Å². The summed E-state index contributed by atoms with van der Waals surface area (Å²) in [6, 6.07) is 12.0. The second kappa shape index (κ2) is 8.34. The topological polar surface area (TPSA) is 111 Å². The molecule has 0 aliphatic heterocycles. The number of hydrogen-bond donors (Lipinski definition) is 0. The van der Waals surface area contributed by atoms with Crippen molar-refractivity contribution in [2.75, 3.05) is 13.4 Å². The Balaban J connectivity index is 2.27. The molecule has 3 aromatic rings. The van der Waals surface area contributed by atoms with E-state index in [0.29, 0.717) is 11.1 Å². The molecule has 154 valence electrons. The number of carbonyl (C=O) groups is 1. The molecule has 0 aliphatic carbocycles. The Bertz CT molecular complexity index is 1240. The molecule has 0 aliphatic rings. The Labute approximate surface area is 172 Å². The van der Waals surface area contributed by atoms with Gasteiger partial charge in [0.1, 0.15) is 12.2 Å². The molecule has 0 atom stereocenters. The molecular weight excluding hydrogens is 413 g/mol. The number of carbonyl (C=O) groups excluding carboxylic acids is 1. The predicted octanol–water partition coefficient (Wildman–Crippen LogP) is 2.83. The number of rotatable bonds is 7. The van der Waals surface area contributed by atoms with E-state index in [4.69, 9.17) is 14.7 Å². The maximum atomic E-state index is 14.3. The summed E-state index contributed by atoms with van der Waals surface area (Å²) in [5, 5.41) is 13.4. The van der Waals surface area contributed by atoms with Gasteiger partial charge in [0.2, 0.25) is 5.88 Å². The Kier molecular flexibility index (Phi) is 5.84. The number of halogens is 1. The molecule has 8 nitrogen and oxygen atoms in total. The molecule has 1 aromatic heterocycles. The zero-order valence-electron chi connectivity index (χ0n) is 16.0. The van der Waals surface area contributed by atoms with Gasteiger partial charge in [-0.05, 0) is 29.8 Å². The van der Waals surface area contributed by atoms with Crippen LogP contribution in [0.2, 0.25) is 0 Å². The van der Waals surface area contributed by atoms with Crippen LogP contribution in [0, 0.1) is 17.1 Å². The van der Waals surface area contributed by atoms with Gasteiger partial charge in [0, 0.05) is 11.8 Å². The smallest absolute Gasteiger partial charge is 0.299 e. The van der Waals surface area contributed by atoms with Gasteiger partial charge in [-0.25, -0.2) is 17.5 Å². The lowest BCUT2D eigenvalue weighted by Crippen LogP contribution is -2.03. The molecule has 0 radical (unpaired) electrons. The lowest BCUT2D eigenvalue weighted by molar-refractivity contribution is -0.121. The third-order valence-electron chi connectivity index (χ3n) is 4.28. The Hall–Kier alpha value is -3.71. The molecule has 0 saturated carbocycles.